The van der Waals surface area contributed by atoms with E-state index in [0.29, 0.717) is 5.69 Å². The number of carbonyl (C=O) groups excluding carboxylic acids is 4. The molecule has 2 saturated carbocycles. The van der Waals surface area contributed by atoms with E-state index in [1.807, 2.05) is 25.1 Å². The molecule has 0 aromatic heterocycles. The minimum atomic E-state index is -1.07. The second-order valence-electron chi connectivity index (χ2n) is 8.39. The number of para-hydroxylation sites is 1. The summed E-state index contributed by atoms with van der Waals surface area (Å²) < 4.78 is 5.14. The number of halogens is 2. The molecule has 1 N–H and O–H groups in total. The number of ether oxygens (including phenoxy) is 1. The predicted octanol–water partition coefficient (Wildman–Crippen LogP) is 2.90. The van der Waals surface area contributed by atoms with Crippen LogP contribution in [0.25, 0.3) is 0 Å². The first-order chi connectivity index (χ1) is 14.8. The zero-order chi connectivity index (χ0) is 22.4. The van der Waals surface area contributed by atoms with Crippen LogP contribution in [-0.2, 0) is 30.3 Å². The number of nitrogens with zero attached hydrogens (tertiary/aromatic N) is 1. The van der Waals surface area contributed by atoms with Crippen LogP contribution in [0.3, 0.4) is 0 Å². The Balaban J connectivity index is 1.37. The largest absolute Gasteiger partial charge is 0.454 e. The van der Waals surface area contributed by atoms with Gasteiger partial charge in [0, 0.05) is 15.3 Å². The third-order valence-electron chi connectivity index (χ3n) is 6.77. The smallest absolute Gasteiger partial charge is 0.329 e. The number of esters is 1. The second kappa shape index (κ2) is 8.65. The Kier molecular flexibility index (Phi) is 6.27. The van der Waals surface area contributed by atoms with Crippen LogP contribution in [0.1, 0.15) is 25.8 Å². The monoisotopic (exact) mass is 554 g/mol. The maximum Gasteiger partial charge on any atom is 0.329 e. The number of amides is 3. The molecule has 0 unspecified atom stereocenters. The molecule has 1 aromatic rings. The molecule has 4 rings (SSSR count). The van der Waals surface area contributed by atoms with E-state index >= 15 is 0 Å². The van der Waals surface area contributed by atoms with Crippen LogP contribution in [0, 0.1) is 23.7 Å². The topological polar surface area (TPSA) is 92.8 Å². The van der Waals surface area contributed by atoms with Gasteiger partial charge in [-0.2, -0.15) is 0 Å². The summed E-state index contributed by atoms with van der Waals surface area (Å²) in [7, 11) is 0. The molecule has 7 nitrogen and oxygen atoms in total. The number of aryl methyl sites for hydroxylation is 1. The van der Waals surface area contributed by atoms with E-state index in [1.54, 1.807) is 6.07 Å². The van der Waals surface area contributed by atoms with Gasteiger partial charge < -0.3 is 10.1 Å². The number of rotatable bonds is 6. The Morgan fingerprint density at radius 1 is 1.13 bits per heavy atom. The minimum Gasteiger partial charge on any atom is -0.454 e. The van der Waals surface area contributed by atoms with Crippen molar-refractivity contribution in [3.05, 3.63) is 29.8 Å². The molecule has 0 spiro atoms. The van der Waals surface area contributed by atoms with Gasteiger partial charge in [-0.3, -0.25) is 19.3 Å². The highest BCUT2D eigenvalue weighted by Gasteiger charge is 2.67. The highest BCUT2D eigenvalue weighted by Crippen LogP contribution is 2.60. The van der Waals surface area contributed by atoms with Crippen LogP contribution < -0.4 is 5.32 Å². The van der Waals surface area contributed by atoms with Gasteiger partial charge in [0.2, 0.25) is 11.8 Å². The summed E-state index contributed by atoms with van der Waals surface area (Å²) in [6, 6.07) is 6.32. The van der Waals surface area contributed by atoms with Crippen molar-refractivity contribution in [1.82, 2.24) is 4.90 Å². The minimum absolute atomic E-state index is 0.0773. The summed E-state index contributed by atoms with van der Waals surface area (Å²) >= 11 is 7.29. The first-order valence-electron chi connectivity index (χ1n) is 10.5. The van der Waals surface area contributed by atoms with Crippen LogP contribution in [-0.4, -0.2) is 50.9 Å². The summed E-state index contributed by atoms with van der Waals surface area (Å²) in [5.41, 5.74) is 1.64. The van der Waals surface area contributed by atoms with Crippen LogP contribution in [0.15, 0.2) is 24.3 Å². The lowest BCUT2D eigenvalue weighted by Crippen LogP contribution is -2.45. The van der Waals surface area contributed by atoms with Crippen LogP contribution in [0.2, 0.25) is 0 Å². The molecule has 1 aliphatic heterocycles. The summed E-state index contributed by atoms with van der Waals surface area (Å²) in [4.78, 5) is 52.1. The van der Waals surface area contributed by atoms with E-state index in [1.165, 1.54) is 6.92 Å². The van der Waals surface area contributed by atoms with E-state index in [2.05, 4.69) is 37.2 Å². The van der Waals surface area contributed by atoms with E-state index < -0.39 is 24.5 Å². The molecule has 1 heterocycles. The molecular weight excluding hydrogens is 532 g/mol. The van der Waals surface area contributed by atoms with E-state index in [9.17, 15) is 19.2 Å². The third-order valence-corrected chi connectivity index (χ3v) is 9.97. The van der Waals surface area contributed by atoms with Crippen molar-refractivity contribution in [2.24, 2.45) is 23.7 Å². The van der Waals surface area contributed by atoms with Crippen molar-refractivity contribution in [3.8, 4) is 0 Å². The number of hydrogen-bond acceptors (Lipinski definition) is 5. The first kappa shape index (κ1) is 22.5. The number of alkyl halides is 2. The number of likely N-dealkylation sites (tertiary alicyclic amines) is 1. The van der Waals surface area contributed by atoms with Gasteiger partial charge in [0.15, 0.2) is 6.61 Å². The molecule has 9 heteroatoms. The van der Waals surface area contributed by atoms with Crippen molar-refractivity contribution in [3.63, 3.8) is 0 Å². The Labute approximate surface area is 197 Å². The molecule has 31 heavy (non-hydrogen) atoms. The molecule has 3 fully saturated rings. The highest BCUT2D eigenvalue weighted by molar-refractivity contribution is 9.12. The fourth-order valence-electron chi connectivity index (χ4n) is 5.25. The van der Waals surface area contributed by atoms with Gasteiger partial charge in [-0.15, -0.1) is 0 Å². The van der Waals surface area contributed by atoms with Crippen LogP contribution >= 0.6 is 31.9 Å². The van der Waals surface area contributed by atoms with E-state index in [-0.39, 0.29) is 45.1 Å². The molecule has 3 aliphatic rings. The number of fused-ring (bicyclic) bond motifs is 5. The van der Waals surface area contributed by atoms with Gasteiger partial charge in [0.25, 0.3) is 5.91 Å². The maximum atomic E-state index is 13.0. The van der Waals surface area contributed by atoms with Gasteiger partial charge in [-0.1, -0.05) is 57.0 Å². The van der Waals surface area contributed by atoms with Crippen molar-refractivity contribution in [1.29, 1.82) is 0 Å². The van der Waals surface area contributed by atoms with Crippen molar-refractivity contribution in [2.45, 2.75) is 42.4 Å². The lowest BCUT2D eigenvalue weighted by molar-refractivity contribution is -0.159. The Hall–Kier alpha value is -1.74. The average molecular weight is 556 g/mol. The van der Waals surface area contributed by atoms with Gasteiger partial charge in [-0.25, -0.2) is 4.79 Å². The molecule has 2 bridgehead atoms. The molecule has 3 amide bonds. The van der Waals surface area contributed by atoms with Gasteiger partial charge in [0.1, 0.15) is 6.04 Å². The van der Waals surface area contributed by atoms with Crippen LogP contribution in [0.4, 0.5) is 5.69 Å². The predicted molar refractivity (Wildman–Crippen MR) is 121 cm³/mol. The number of imide groups is 1. The zero-order valence-electron chi connectivity index (χ0n) is 17.2. The number of nitrogens with one attached hydrogen (secondary N) is 1. The van der Waals surface area contributed by atoms with Gasteiger partial charge in [0.05, 0.1) is 11.8 Å². The Bertz CT molecular complexity index is 906. The standard InChI is InChI=1S/C22H24Br2N2O5/c1-3-11-6-4-5-7-14(11)25-15(27)9-31-22(30)10(2)26-20(28)16-12-8-13(17(16)21(26)29)19(24)18(12)23/h4-7,10,12-13,16-19H,3,8-9H2,1-2H3,(H,25,27)/t10-,12+,13+,16-,17+,18-,19+/m0/s1. The second-order valence-corrected chi connectivity index (χ2v) is 10.5. The van der Waals surface area contributed by atoms with Gasteiger partial charge in [-0.05, 0) is 43.2 Å². The lowest BCUT2D eigenvalue weighted by Gasteiger charge is -2.28. The first-order valence-corrected chi connectivity index (χ1v) is 12.3. The summed E-state index contributed by atoms with van der Waals surface area (Å²) in [6.45, 7) is 2.97. The maximum absolute atomic E-state index is 13.0. The van der Waals surface area contributed by atoms with Gasteiger partial charge >= 0.3 is 5.97 Å². The number of anilines is 1. The quantitative estimate of drug-likeness (QED) is 0.331. The number of benzene rings is 1. The highest BCUT2D eigenvalue weighted by atomic mass is 79.9. The molecule has 1 saturated heterocycles. The van der Waals surface area contributed by atoms with Crippen molar-refractivity contribution < 1.29 is 23.9 Å². The molecule has 0 radical (unpaired) electrons. The average Bonchev–Trinajstić information content (AvgIpc) is 3.36. The van der Waals surface area contributed by atoms with E-state index in [0.717, 1.165) is 23.3 Å². The number of hydrogen-bond donors (Lipinski definition) is 1. The van der Waals surface area contributed by atoms with Crippen molar-refractivity contribution >= 4 is 61.2 Å². The zero-order valence-corrected chi connectivity index (χ0v) is 20.4. The third kappa shape index (κ3) is 3.73. The molecule has 1 aromatic carbocycles. The Morgan fingerprint density at radius 2 is 1.71 bits per heavy atom. The normalized spacial score (nSPS) is 32.2. The molecule has 166 valence electrons. The molecule has 2 aliphatic carbocycles. The summed E-state index contributed by atoms with van der Waals surface area (Å²) in [6.07, 6.45) is 1.58. The SMILES string of the molecule is CCc1ccccc1NC(=O)COC(=O)[C@H](C)N1C(=O)[C@@H]2[C@H]3C[C@@H]([C@H](Br)[C@@H]3Br)[C@@H]2C1=O. The van der Waals surface area contributed by atoms with E-state index in [4.69, 9.17) is 4.74 Å². The lowest BCUT2D eigenvalue weighted by atomic mass is 9.81. The fraction of sp³-hybridized carbons (Fsp3) is 0.545. The van der Waals surface area contributed by atoms with Crippen molar-refractivity contribution in [2.75, 3.05) is 11.9 Å². The molecule has 7 atom stereocenters. The summed E-state index contributed by atoms with van der Waals surface area (Å²) in [5.74, 6) is -2.48. The number of carbonyl (C=O) groups is 4. The summed E-state index contributed by atoms with van der Waals surface area (Å²) in [5, 5.41) is 2.73. The molecular formula is C22H24Br2N2O5. The van der Waals surface area contributed by atoms with Crippen LogP contribution in [0.5, 0.6) is 0 Å². The fourth-order valence-corrected chi connectivity index (χ4v) is 7.13. The Morgan fingerprint density at radius 3 is 2.29 bits per heavy atom.